The SMILES string of the molecule is O=Nc1c(-c2ccc3c(c2)CC(=O)N3)nc2ccc(CO)cn12. The van der Waals surface area contributed by atoms with Crippen molar-refractivity contribution in [2.75, 3.05) is 5.32 Å². The molecule has 23 heavy (non-hydrogen) atoms. The third-order valence-electron chi connectivity index (χ3n) is 3.93. The minimum atomic E-state index is -0.131. The Morgan fingerprint density at radius 3 is 2.96 bits per heavy atom. The molecule has 0 radical (unpaired) electrons. The molecule has 2 N–H and O–H groups in total. The first-order chi connectivity index (χ1) is 11.2. The van der Waals surface area contributed by atoms with Crippen LogP contribution < -0.4 is 5.32 Å². The van der Waals surface area contributed by atoms with E-state index < -0.39 is 0 Å². The summed E-state index contributed by atoms with van der Waals surface area (Å²) in [5.41, 5.74) is 4.07. The van der Waals surface area contributed by atoms with Crippen molar-refractivity contribution in [1.82, 2.24) is 9.38 Å². The molecule has 3 aromatic rings. The number of carbonyl (C=O) groups is 1. The van der Waals surface area contributed by atoms with Gasteiger partial charge in [0.1, 0.15) is 11.3 Å². The van der Waals surface area contributed by atoms with Gasteiger partial charge in [0.15, 0.2) is 0 Å². The second kappa shape index (κ2) is 4.99. The zero-order valence-corrected chi connectivity index (χ0v) is 12.0. The lowest BCUT2D eigenvalue weighted by atomic mass is 10.1. The van der Waals surface area contributed by atoms with Gasteiger partial charge in [0.05, 0.1) is 13.0 Å². The van der Waals surface area contributed by atoms with Crippen LogP contribution in [0.4, 0.5) is 11.5 Å². The number of amides is 1. The smallest absolute Gasteiger partial charge is 0.228 e. The van der Waals surface area contributed by atoms with E-state index in [0.29, 0.717) is 23.3 Å². The third kappa shape index (κ3) is 2.09. The maximum atomic E-state index is 11.5. The number of hydrogen-bond acceptors (Lipinski definition) is 5. The summed E-state index contributed by atoms with van der Waals surface area (Å²) in [7, 11) is 0. The van der Waals surface area contributed by atoms with E-state index in [0.717, 1.165) is 16.8 Å². The van der Waals surface area contributed by atoms with E-state index in [-0.39, 0.29) is 18.3 Å². The number of anilines is 1. The number of nitrogens with one attached hydrogen (secondary N) is 1. The Morgan fingerprint density at radius 1 is 1.30 bits per heavy atom. The summed E-state index contributed by atoms with van der Waals surface area (Å²) in [6, 6.07) is 8.91. The molecule has 0 spiro atoms. The maximum absolute atomic E-state index is 11.5. The fraction of sp³-hybridized carbons (Fsp3) is 0.125. The molecule has 2 aromatic heterocycles. The van der Waals surface area contributed by atoms with Gasteiger partial charge in [0.25, 0.3) is 0 Å². The molecule has 0 saturated carbocycles. The Labute approximate surface area is 130 Å². The fourth-order valence-corrected chi connectivity index (χ4v) is 2.83. The van der Waals surface area contributed by atoms with Crippen molar-refractivity contribution >= 4 is 23.1 Å². The largest absolute Gasteiger partial charge is 0.392 e. The molecule has 1 aliphatic heterocycles. The quantitative estimate of drug-likeness (QED) is 0.726. The number of aromatic nitrogens is 2. The summed E-state index contributed by atoms with van der Waals surface area (Å²) in [5, 5.41) is 15.1. The van der Waals surface area contributed by atoms with Crippen LogP contribution in [0.15, 0.2) is 41.7 Å². The zero-order chi connectivity index (χ0) is 16.0. The summed E-state index contributed by atoms with van der Waals surface area (Å²) < 4.78 is 1.56. The maximum Gasteiger partial charge on any atom is 0.228 e. The minimum absolute atomic E-state index is 0.0477. The van der Waals surface area contributed by atoms with Crippen LogP contribution in [-0.4, -0.2) is 20.4 Å². The average molecular weight is 308 g/mol. The van der Waals surface area contributed by atoms with E-state index in [1.54, 1.807) is 34.9 Å². The molecule has 7 nitrogen and oxygen atoms in total. The van der Waals surface area contributed by atoms with E-state index in [1.807, 2.05) is 6.07 Å². The number of rotatable bonds is 3. The summed E-state index contributed by atoms with van der Waals surface area (Å²) in [6.45, 7) is -0.131. The van der Waals surface area contributed by atoms with Crippen molar-refractivity contribution in [3.63, 3.8) is 0 Å². The predicted molar refractivity (Wildman–Crippen MR) is 84.3 cm³/mol. The lowest BCUT2D eigenvalue weighted by Gasteiger charge is -2.02. The summed E-state index contributed by atoms with van der Waals surface area (Å²) in [5.74, 6) is 0.126. The van der Waals surface area contributed by atoms with Crippen molar-refractivity contribution < 1.29 is 9.90 Å². The summed E-state index contributed by atoms with van der Waals surface area (Å²) in [4.78, 5) is 27.2. The molecule has 114 valence electrons. The molecule has 4 rings (SSSR count). The molecule has 0 aliphatic carbocycles. The number of carbonyl (C=O) groups excluding carboxylic acids is 1. The molecule has 7 heteroatoms. The monoisotopic (exact) mass is 308 g/mol. The molecular formula is C16H12N4O3. The lowest BCUT2D eigenvalue weighted by Crippen LogP contribution is -2.03. The van der Waals surface area contributed by atoms with Crippen LogP contribution in [0.2, 0.25) is 0 Å². The van der Waals surface area contributed by atoms with E-state index in [4.69, 9.17) is 0 Å². The van der Waals surface area contributed by atoms with Crippen LogP contribution in [0.3, 0.4) is 0 Å². The first-order valence-electron chi connectivity index (χ1n) is 7.08. The Hall–Kier alpha value is -3.06. The van der Waals surface area contributed by atoms with Gasteiger partial charge < -0.3 is 10.4 Å². The van der Waals surface area contributed by atoms with E-state index >= 15 is 0 Å². The number of aliphatic hydroxyl groups excluding tert-OH is 1. The Kier molecular flexibility index (Phi) is 2.95. The highest BCUT2D eigenvalue weighted by molar-refractivity contribution is 5.99. The van der Waals surface area contributed by atoms with Crippen molar-refractivity contribution in [3.8, 4) is 11.3 Å². The highest BCUT2D eigenvalue weighted by Gasteiger charge is 2.21. The van der Waals surface area contributed by atoms with Gasteiger partial charge >= 0.3 is 0 Å². The van der Waals surface area contributed by atoms with Crippen molar-refractivity contribution in [3.05, 3.63) is 52.6 Å². The first kappa shape index (κ1) is 13.6. The van der Waals surface area contributed by atoms with Gasteiger partial charge in [0, 0.05) is 17.4 Å². The number of pyridine rings is 1. The molecule has 0 unspecified atom stereocenters. The van der Waals surface area contributed by atoms with Crippen LogP contribution >= 0.6 is 0 Å². The Morgan fingerprint density at radius 2 is 2.17 bits per heavy atom. The third-order valence-corrected chi connectivity index (χ3v) is 3.93. The standard InChI is InChI=1S/C16H12N4O3/c21-8-9-1-4-13-18-15(16(19-23)20(13)7-9)10-2-3-12-11(5-10)6-14(22)17-12/h1-5,7,21H,6,8H2,(H,17,22). The lowest BCUT2D eigenvalue weighted by molar-refractivity contribution is -0.115. The molecule has 1 aliphatic rings. The highest BCUT2D eigenvalue weighted by Crippen LogP contribution is 2.34. The van der Waals surface area contributed by atoms with Gasteiger partial charge in [0.2, 0.25) is 11.7 Å². The fourth-order valence-electron chi connectivity index (χ4n) is 2.83. The van der Waals surface area contributed by atoms with Crippen LogP contribution in [0, 0.1) is 4.91 Å². The number of nitrogens with zero attached hydrogens (tertiary/aromatic N) is 3. The Balaban J connectivity index is 1.90. The van der Waals surface area contributed by atoms with Gasteiger partial charge in [-0.15, -0.1) is 4.91 Å². The van der Waals surface area contributed by atoms with Crippen molar-refractivity contribution in [1.29, 1.82) is 0 Å². The molecular weight excluding hydrogens is 296 g/mol. The molecule has 0 saturated heterocycles. The minimum Gasteiger partial charge on any atom is -0.392 e. The average Bonchev–Trinajstić information content (AvgIpc) is 3.11. The van der Waals surface area contributed by atoms with Crippen LogP contribution in [0.25, 0.3) is 16.9 Å². The van der Waals surface area contributed by atoms with Gasteiger partial charge in [-0.25, -0.2) is 4.98 Å². The van der Waals surface area contributed by atoms with Crippen molar-refractivity contribution in [2.45, 2.75) is 13.0 Å². The number of imidazole rings is 1. The van der Waals surface area contributed by atoms with E-state index in [9.17, 15) is 14.8 Å². The summed E-state index contributed by atoms with van der Waals surface area (Å²) >= 11 is 0. The molecule has 0 fully saturated rings. The highest BCUT2D eigenvalue weighted by atomic mass is 16.3. The molecule has 3 heterocycles. The molecule has 0 atom stereocenters. The number of hydrogen-bond donors (Lipinski definition) is 2. The topological polar surface area (TPSA) is 96.1 Å². The molecule has 1 aromatic carbocycles. The van der Waals surface area contributed by atoms with Crippen molar-refractivity contribution in [2.24, 2.45) is 5.18 Å². The van der Waals surface area contributed by atoms with E-state index in [1.165, 1.54) is 0 Å². The number of fused-ring (bicyclic) bond motifs is 2. The second-order valence-electron chi connectivity index (χ2n) is 5.40. The first-order valence-corrected chi connectivity index (χ1v) is 7.08. The van der Waals surface area contributed by atoms with Crippen LogP contribution in [0.5, 0.6) is 0 Å². The molecule has 1 amide bonds. The van der Waals surface area contributed by atoms with Gasteiger partial charge in [-0.2, -0.15) is 0 Å². The van der Waals surface area contributed by atoms with Gasteiger partial charge in [-0.3, -0.25) is 9.20 Å². The second-order valence-corrected chi connectivity index (χ2v) is 5.40. The molecule has 0 bridgehead atoms. The summed E-state index contributed by atoms with van der Waals surface area (Å²) in [6.07, 6.45) is 1.95. The number of nitroso groups, excluding NO2 is 1. The predicted octanol–water partition coefficient (Wildman–Crippen LogP) is 2.39. The Bertz CT molecular complexity index is 961. The number of benzene rings is 1. The zero-order valence-electron chi connectivity index (χ0n) is 12.0. The van der Waals surface area contributed by atoms with Crippen LogP contribution in [-0.2, 0) is 17.8 Å². The van der Waals surface area contributed by atoms with Crippen LogP contribution in [0.1, 0.15) is 11.1 Å². The van der Waals surface area contributed by atoms with Gasteiger partial charge in [-0.1, -0.05) is 12.1 Å². The number of aliphatic hydroxyl groups is 1. The van der Waals surface area contributed by atoms with E-state index in [2.05, 4.69) is 15.5 Å². The normalized spacial score (nSPS) is 13.2. The van der Waals surface area contributed by atoms with Gasteiger partial charge in [-0.05, 0) is 34.5 Å².